The van der Waals surface area contributed by atoms with Gasteiger partial charge in [-0.1, -0.05) is 86.6 Å². The number of benzene rings is 3. The van der Waals surface area contributed by atoms with Crippen molar-refractivity contribution >= 4 is 22.6 Å². The molecule has 1 N–H and O–H groups in total. The molecule has 2 aromatic heterocycles. The molecule has 9 heteroatoms. The lowest BCUT2D eigenvalue weighted by atomic mass is 9.95. The van der Waals surface area contributed by atoms with Gasteiger partial charge in [0.25, 0.3) is 5.91 Å². The Morgan fingerprint density at radius 3 is 1.96 bits per heavy atom. The van der Waals surface area contributed by atoms with E-state index in [1.807, 2.05) is 71.7 Å². The number of carbonyl (C=O) groups excluding carboxylic acids is 2. The van der Waals surface area contributed by atoms with Crippen LogP contribution in [0.1, 0.15) is 57.7 Å². The number of aryl methyl sites for hydroxylation is 2. The van der Waals surface area contributed by atoms with Crippen molar-refractivity contribution in [1.82, 2.24) is 28.9 Å². The predicted octanol–water partition coefficient (Wildman–Crippen LogP) is 7.54. The number of hydrogen-bond acceptors (Lipinski definition) is 5. The van der Waals surface area contributed by atoms with Crippen LogP contribution in [0.2, 0.25) is 0 Å². The van der Waals surface area contributed by atoms with Gasteiger partial charge in [0.2, 0.25) is 5.91 Å². The van der Waals surface area contributed by atoms with Gasteiger partial charge in [-0.05, 0) is 66.2 Å². The largest absolute Gasteiger partial charge is 0.503 e. The summed E-state index contributed by atoms with van der Waals surface area (Å²) in [4.78, 5) is 36.7. The highest BCUT2D eigenvalue weighted by Gasteiger charge is 2.36. The second kappa shape index (κ2) is 17.3. The van der Waals surface area contributed by atoms with E-state index in [-0.39, 0.29) is 29.7 Å². The van der Waals surface area contributed by atoms with Crippen molar-refractivity contribution in [2.24, 2.45) is 0 Å². The zero-order chi connectivity index (χ0) is 35.5. The number of aliphatic hydroxyl groups excluding tert-OH is 1. The van der Waals surface area contributed by atoms with Crippen LogP contribution in [0, 0.1) is 0 Å². The van der Waals surface area contributed by atoms with E-state index in [2.05, 4.69) is 71.5 Å². The van der Waals surface area contributed by atoms with Crippen LogP contribution < -0.4 is 0 Å². The smallest absolute Gasteiger partial charge is 0.289 e. The Morgan fingerprint density at radius 2 is 1.32 bits per heavy atom. The molecule has 0 radical (unpaired) electrons. The molecule has 0 saturated carbocycles. The summed E-state index contributed by atoms with van der Waals surface area (Å²) in [6.45, 7) is 10.9. The van der Waals surface area contributed by atoms with Crippen molar-refractivity contribution < 1.29 is 14.7 Å². The fourth-order valence-electron chi connectivity index (χ4n) is 6.75. The Balaban J connectivity index is 0.000000186. The maximum absolute atomic E-state index is 12.5. The molecule has 0 fully saturated rings. The Kier molecular flexibility index (Phi) is 12.4. The molecule has 9 nitrogen and oxygen atoms in total. The van der Waals surface area contributed by atoms with E-state index in [1.165, 1.54) is 21.9 Å². The molecular weight excluding hydrogens is 624 g/mol. The van der Waals surface area contributed by atoms with Crippen molar-refractivity contribution in [2.45, 2.75) is 72.1 Å². The summed E-state index contributed by atoms with van der Waals surface area (Å²) in [6, 6.07) is 24.8. The first-order valence-electron chi connectivity index (χ1n) is 17.5. The molecule has 2 aliphatic rings. The first-order valence-corrected chi connectivity index (χ1v) is 17.5. The summed E-state index contributed by atoms with van der Waals surface area (Å²) in [5.41, 5.74) is 4.25. The lowest BCUT2D eigenvalue weighted by molar-refractivity contribution is -0.129. The molecular formula is C41H48N6O3. The summed E-state index contributed by atoms with van der Waals surface area (Å²) in [5.74, 6) is -0.233. The number of amides is 2. The third-order valence-electron chi connectivity index (χ3n) is 9.23. The zero-order valence-corrected chi connectivity index (χ0v) is 29.5. The van der Waals surface area contributed by atoms with Crippen LogP contribution in [0.15, 0.2) is 133 Å². The van der Waals surface area contributed by atoms with Gasteiger partial charge in [0.05, 0.1) is 24.7 Å². The van der Waals surface area contributed by atoms with Gasteiger partial charge >= 0.3 is 0 Å². The zero-order valence-electron chi connectivity index (χ0n) is 29.5. The standard InChI is InChI=1S/C21H21N3O.C18H21N3O2.C2H6/c1-16-14-20(25)24(12-5-11-23-13-10-22-15-23)21(16)19-9-4-7-17-6-2-3-8-18(17)19;1-14-16(12-15-6-3-2-4-7-15)21(18(23)17(14)22)10-5-9-20-11-8-19-13-20;1-2/h2-4,6-10,13-15,21H,5,11-12H2,1H3;2-4,6-8,11,13,16,22H,5,9-10,12H2,1H3;1-2H3. The number of rotatable bonds is 11. The minimum atomic E-state index is -0.255. The first-order chi connectivity index (χ1) is 24.4. The topological polar surface area (TPSA) is 96.5 Å². The maximum atomic E-state index is 12.5. The molecule has 0 bridgehead atoms. The van der Waals surface area contributed by atoms with Gasteiger partial charge in [-0.2, -0.15) is 0 Å². The van der Waals surface area contributed by atoms with E-state index >= 15 is 0 Å². The van der Waals surface area contributed by atoms with E-state index in [0.29, 0.717) is 6.54 Å². The molecule has 2 amide bonds. The summed E-state index contributed by atoms with van der Waals surface area (Å²) in [6.07, 6.45) is 15.2. The monoisotopic (exact) mass is 672 g/mol. The van der Waals surface area contributed by atoms with E-state index in [4.69, 9.17) is 0 Å². The summed E-state index contributed by atoms with van der Waals surface area (Å²) in [7, 11) is 0. The Bertz CT molecular complexity index is 1890. The SMILES string of the molecule is CC.CC1=C(O)C(=O)N(CCCn2ccnc2)C1Cc1ccccc1.CC1=CC(=O)N(CCCn2ccnc2)C1c1cccc2ccccc12. The van der Waals surface area contributed by atoms with E-state index < -0.39 is 0 Å². The van der Waals surface area contributed by atoms with Crippen molar-refractivity contribution in [2.75, 3.05) is 13.1 Å². The summed E-state index contributed by atoms with van der Waals surface area (Å²) in [5, 5.41) is 12.5. The van der Waals surface area contributed by atoms with Crippen LogP contribution in [0.25, 0.3) is 10.8 Å². The highest BCUT2D eigenvalue weighted by Crippen LogP contribution is 2.37. The lowest BCUT2D eigenvalue weighted by Gasteiger charge is -2.28. The van der Waals surface area contributed by atoms with Crippen molar-refractivity contribution in [1.29, 1.82) is 0 Å². The third kappa shape index (κ3) is 8.40. The highest BCUT2D eigenvalue weighted by molar-refractivity contribution is 5.95. The van der Waals surface area contributed by atoms with Gasteiger partial charge < -0.3 is 24.0 Å². The Labute approximate surface area is 295 Å². The first kappa shape index (κ1) is 35.9. The second-order valence-electron chi connectivity index (χ2n) is 12.4. The van der Waals surface area contributed by atoms with Crippen LogP contribution in [-0.4, -0.2) is 65.0 Å². The van der Waals surface area contributed by atoms with Crippen LogP contribution in [0.5, 0.6) is 0 Å². The number of imidazole rings is 2. The molecule has 0 spiro atoms. The normalized spacial score (nSPS) is 17.1. The van der Waals surface area contributed by atoms with Gasteiger partial charge in [-0.3, -0.25) is 9.59 Å². The Morgan fingerprint density at radius 1 is 0.720 bits per heavy atom. The predicted molar refractivity (Wildman–Crippen MR) is 198 cm³/mol. The average Bonchev–Trinajstić information content (AvgIpc) is 3.95. The van der Waals surface area contributed by atoms with Gasteiger partial charge in [0, 0.05) is 57.0 Å². The molecule has 7 rings (SSSR count). The fourth-order valence-corrected chi connectivity index (χ4v) is 6.75. The van der Waals surface area contributed by atoms with Gasteiger partial charge in [0.15, 0.2) is 5.76 Å². The number of hydrogen-bond donors (Lipinski definition) is 1. The van der Waals surface area contributed by atoms with Crippen LogP contribution in [0.4, 0.5) is 0 Å². The molecule has 5 aromatic rings. The lowest BCUT2D eigenvalue weighted by Crippen LogP contribution is -2.38. The maximum Gasteiger partial charge on any atom is 0.289 e. The molecule has 260 valence electrons. The number of aromatic nitrogens is 4. The fraction of sp³-hybridized carbons (Fsp3) is 0.317. The number of carbonyl (C=O) groups is 2. The van der Waals surface area contributed by atoms with Crippen molar-refractivity contribution in [3.05, 3.63) is 144 Å². The van der Waals surface area contributed by atoms with Gasteiger partial charge in [0.1, 0.15) is 0 Å². The second-order valence-corrected chi connectivity index (χ2v) is 12.4. The Hall–Kier alpha value is -5.44. The molecule has 3 aromatic carbocycles. The number of nitrogens with zero attached hydrogens (tertiary/aromatic N) is 6. The minimum Gasteiger partial charge on any atom is -0.503 e. The molecule has 0 saturated heterocycles. The quantitative estimate of drug-likeness (QED) is 0.156. The van der Waals surface area contributed by atoms with Crippen molar-refractivity contribution in [3.8, 4) is 0 Å². The molecule has 2 unspecified atom stereocenters. The summed E-state index contributed by atoms with van der Waals surface area (Å²) < 4.78 is 4.04. The summed E-state index contributed by atoms with van der Waals surface area (Å²) >= 11 is 0. The van der Waals surface area contributed by atoms with Crippen molar-refractivity contribution in [3.63, 3.8) is 0 Å². The number of fused-ring (bicyclic) bond motifs is 1. The van der Waals surface area contributed by atoms with Gasteiger partial charge in [-0.15, -0.1) is 0 Å². The number of aliphatic hydroxyl groups is 1. The third-order valence-corrected chi connectivity index (χ3v) is 9.23. The minimum absolute atomic E-state index is 0.0291. The van der Waals surface area contributed by atoms with Crippen LogP contribution in [-0.2, 0) is 29.1 Å². The van der Waals surface area contributed by atoms with Crippen LogP contribution in [0.3, 0.4) is 0 Å². The molecule has 4 heterocycles. The van der Waals surface area contributed by atoms with E-state index in [0.717, 1.165) is 50.0 Å². The van der Waals surface area contributed by atoms with Crippen LogP contribution >= 0.6 is 0 Å². The van der Waals surface area contributed by atoms with E-state index in [1.54, 1.807) is 29.7 Å². The molecule has 0 aliphatic carbocycles. The van der Waals surface area contributed by atoms with Gasteiger partial charge in [-0.25, -0.2) is 9.97 Å². The van der Waals surface area contributed by atoms with E-state index in [9.17, 15) is 14.7 Å². The average molecular weight is 673 g/mol. The molecule has 50 heavy (non-hydrogen) atoms. The highest BCUT2D eigenvalue weighted by atomic mass is 16.3. The molecule has 2 aliphatic heterocycles. The molecule has 2 atom stereocenters.